The first-order valence-corrected chi connectivity index (χ1v) is 5.49. The summed E-state index contributed by atoms with van der Waals surface area (Å²) in [6.07, 6.45) is 1.62. The normalized spacial score (nSPS) is 11.7. The third-order valence-corrected chi connectivity index (χ3v) is 2.27. The molecule has 0 atom stereocenters. The number of nitrogens with zero attached hydrogens (tertiary/aromatic N) is 3. The van der Waals surface area contributed by atoms with Crippen LogP contribution in [0.1, 0.15) is 20.8 Å². The van der Waals surface area contributed by atoms with E-state index in [0.717, 1.165) is 17.9 Å². The molecule has 0 aliphatic rings. The number of hydrogen-bond donors (Lipinski definition) is 0. The molecule has 0 aliphatic carbocycles. The van der Waals surface area contributed by atoms with Crippen molar-refractivity contribution in [3.05, 3.63) is 36.7 Å². The molecule has 0 saturated carbocycles. The van der Waals surface area contributed by atoms with Gasteiger partial charge in [-0.3, -0.25) is 0 Å². The van der Waals surface area contributed by atoms with Gasteiger partial charge in [0.2, 0.25) is 0 Å². The second kappa shape index (κ2) is 4.08. The maximum atomic E-state index is 4.32. The summed E-state index contributed by atoms with van der Waals surface area (Å²) >= 11 is 0. The highest BCUT2D eigenvalue weighted by atomic mass is 15.3. The first-order chi connectivity index (χ1) is 7.56. The molecular weight excluding hydrogens is 198 g/mol. The van der Waals surface area contributed by atoms with Crippen LogP contribution < -0.4 is 0 Å². The van der Waals surface area contributed by atoms with E-state index in [9.17, 15) is 0 Å². The Bertz CT molecular complexity index is 452. The lowest BCUT2D eigenvalue weighted by molar-refractivity contribution is 0.327. The number of aromatic nitrogens is 3. The van der Waals surface area contributed by atoms with Crippen LogP contribution in [0.5, 0.6) is 0 Å². The summed E-state index contributed by atoms with van der Waals surface area (Å²) < 4.78 is 1.97. The van der Waals surface area contributed by atoms with Gasteiger partial charge in [-0.1, -0.05) is 51.1 Å². The van der Waals surface area contributed by atoms with Gasteiger partial charge >= 0.3 is 0 Å². The molecule has 0 fully saturated rings. The van der Waals surface area contributed by atoms with E-state index in [0.29, 0.717) is 0 Å². The Morgan fingerprint density at radius 3 is 2.44 bits per heavy atom. The van der Waals surface area contributed by atoms with Gasteiger partial charge in [0.1, 0.15) is 6.33 Å². The highest BCUT2D eigenvalue weighted by molar-refractivity contribution is 5.54. The monoisotopic (exact) mass is 215 g/mol. The lowest BCUT2D eigenvalue weighted by Gasteiger charge is -2.19. The van der Waals surface area contributed by atoms with E-state index in [1.807, 2.05) is 22.9 Å². The maximum absolute atomic E-state index is 4.32. The molecule has 0 unspecified atom stereocenters. The van der Waals surface area contributed by atoms with Crippen LogP contribution in [-0.4, -0.2) is 14.8 Å². The van der Waals surface area contributed by atoms with Crippen molar-refractivity contribution in [1.29, 1.82) is 0 Å². The smallest absolute Gasteiger partial charge is 0.158 e. The van der Waals surface area contributed by atoms with Crippen molar-refractivity contribution in [2.45, 2.75) is 27.3 Å². The fourth-order valence-electron chi connectivity index (χ4n) is 1.64. The molecule has 2 aromatic rings. The van der Waals surface area contributed by atoms with E-state index in [2.05, 4.69) is 43.0 Å². The molecule has 16 heavy (non-hydrogen) atoms. The van der Waals surface area contributed by atoms with Gasteiger partial charge in [-0.25, -0.2) is 9.67 Å². The minimum atomic E-state index is 0.206. The second-order valence-corrected chi connectivity index (χ2v) is 5.17. The van der Waals surface area contributed by atoms with E-state index >= 15 is 0 Å². The number of rotatable bonds is 2. The topological polar surface area (TPSA) is 30.7 Å². The highest BCUT2D eigenvalue weighted by Crippen LogP contribution is 2.21. The Morgan fingerprint density at radius 2 is 1.81 bits per heavy atom. The van der Waals surface area contributed by atoms with Crippen molar-refractivity contribution in [2.75, 3.05) is 0 Å². The van der Waals surface area contributed by atoms with Crippen LogP contribution in [0.2, 0.25) is 0 Å². The molecule has 0 bridgehead atoms. The summed E-state index contributed by atoms with van der Waals surface area (Å²) in [5.41, 5.74) is 1.32. The van der Waals surface area contributed by atoms with E-state index in [-0.39, 0.29) is 5.41 Å². The Labute approximate surface area is 96.1 Å². The van der Waals surface area contributed by atoms with Crippen molar-refractivity contribution in [2.24, 2.45) is 5.41 Å². The van der Waals surface area contributed by atoms with Crippen LogP contribution in [0.25, 0.3) is 11.4 Å². The molecule has 0 amide bonds. The Kier molecular flexibility index (Phi) is 2.77. The van der Waals surface area contributed by atoms with Crippen LogP contribution in [0, 0.1) is 5.41 Å². The molecule has 3 heteroatoms. The SMILES string of the molecule is CC(C)(C)Cn1ncnc1-c1ccccc1. The Morgan fingerprint density at radius 1 is 1.12 bits per heavy atom. The number of hydrogen-bond acceptors (Lipinski definition) is 2. The van der Waals surface area contributed by atoms with Crippen molar-refractivity contribution < 1.29 is 0 Å². The maximum Gasteiger partial charge on any atom is 0.158 e. The van der Waals surface area contributed by atoms with Gasteiger partial charge in [0.05, 0.1) is 0 Å². The molecule has 84 valence electrons. The van der Waals surface area contributed by atoms with Gasteiger partial charge < -0.3 is 0 Å². The summed E-state index contributed by atoms with van der Waals surface area (Å²) in [5, 5.41) is 4.28. The molecule has 0 spiro atoms. The van der Waals surface area contributed by atoms with Crippen molar-refractivity contribution in [3.8, 4) is 11.4 Å². The molecule has 3 nitrogen and oxygen atoms in total. The predicted octanol–water partition coefficient (Wildman–Crippen LogP) is 2.99. The summed E-state index contributed by atoms with van der Waals surface area (Å²) in [6.45, 7) is 7.47. The minimum absolute atomic E-state index is 0.206. The van der Waals surface area contributed by atoms with Gasteiger partial charge in [-0.2, -0.15) is 5.10 Å². The minimum Gasteiger partial charge on any atom is -0.245 e. The second-order valence-electron chi connectivity index (χ2n) is 5.17. The van der Waals surface area contributed by atoms with Crippen LogP contribution in [0.15, 0.2) is 36.7 Å². The molecule has 1 heterocycles. The lowest BCUT2D eigenvalue weighted by atomic mass is 9.97. The zero-order chi connectivity index (χ0) is 11.6. The van der Waals surface area contributed by atoms with Crippen LogP contribution >= 0.6 is 0 Å². The molecule has 1 aromatic heterocycles. The van der Waals surface area contributed by atoms with Crippen LogP contribution in [-0.2, 0) is 6.54 Å². The van der Waals surface area contributed by atoms with Gasteiger partial charge in [0.15, 0.2) is 5.82 Å². The van der Waals surface area contributed by atoms with Gasteiger partial charge in [0, 0.05) is 12.1 Å². The number of benzene rings is 1. The van der Waals surface area contributed by atoms with E-state index in [1.54, 1.807) is 6.33 Å². The molecule has 0 saturated heterocycles. The fraction of sp³-hybridized carbons (Fsp3) is 0.385. The zero-order valence-corrected chi connectivity index (χ0v) is 10.0. The summed E-state index contributed by atoms with van der Waals surface area (Å²) in [6, 6.07) is 10.2. The summed E-state index contributed by atoms with van der Waals surface area (Å²) in [4.78, 5) is 4.32. The average molecular weight is 215 g/mol. The van der Waals surface area contributed by atoms with Gasteiger partial charge in [-0.05, 0) is 5.41 Å². The summed E-state index contributed by atoms with van der Waals surface area (Å²) in [5.74, 6) is 0.940. The first kappa shape index (κ1) is 10.9. The molecule has 0 aliphatic heterocycles. The van der Waals surface area contributed by atoms with Gasteiger partial charge in [0.25, 0.3) is 0 Å². The quantitative estimate of drug-likeness (QED) is 0.771. The van der Waals surface area contributed by atoms with Crippen molar-refractivity contribution in [3.63, 3.8) is 0 Å². The third-order valence-electron chi connectivity index (χ3n) is 2.27. The molecule has 0 N–H and O–H groups in total. The Balaban J connectivity index is 2.33. The molecular formula is C13H17N3. The third kappa shape index (κ3) is 2.48. The van der Waals surface area contributed by atoms with E-state index in [1.165, 1.54) is 0 Å². The molecule has 1 aromatic carbocycles. The molecule has 2 rings (SSSR count). The first-order valence-electron chi connectivity index (χ1n) is 5.49. The Hall–Kier alpha value is -1.64. The average Bonchev–Trinajstić information content (AvgIpc) is 2.64. The largest absolute Gasteiger partial charge is 0.245 e. The lowest BCUT2D eigenvalue weighted by Crippen LogP contribution is -2.17. The van der Waals surface area contributed by atoms with E-state index in [4.69, 9.17) is 0 Å². The standard InChI is InChI=1S/C13H17N3/c1-13(2,3)9-16-12(14-10-15-16)11-7-5-4-6-8-11/h4-8,10H,9H2,1-3H3. The predicted molar refractivity (Wildman–Crippen MR) is 64.9 cm³/mol. The summed E-state index contributed by atoms with van der Waals surface area (Å²) in [7, 11) is 0. The zero-order valence-electron chi connectivity index (χ0n) is 10.0. The van der Waals surface area contributed by atoms with Crippen LogP contribution in [0.3, 0.4) is 0 Å². The van der Waals surface area contributed by atoms with Crippen LogP contribution in [0.4, 0.5) is 0 Å². The highest BCUT2D eigenvalue weighted by Gasteiger charge is 2.15. The van der Waals surface area contributed by atoms with Crippen molar-refractivity contribution >= 4 is 0 Å². The van der Waals surface area contributed by atoms with Gasteiger partial charge in [-0.15, -0.1) is 0 Å². The van der Waals surface area contributed by atoms with Crippen molar-refractivity contribution in [1.82, 2.24) is 14.8 Å². The molecule has 0 radical (unpaired) electrons. The fourth-order valence-corrected chi connectivity index (χ4v) is 1.64. The van der Waals surface area contributed by atoms with E-state index < -0.39 is 0 Å².